The van der Waals surface area contributed by atoms with Crippen molar-refractivity contribution in [1.29, 1.82) is 0 Å². The predicted molar refractivity (Wildman–Crippen MR) is 53.2 cm³/mol. The average molecular weight is 191 g/mol. The molecule has 0 unspecified atom stereocenters. The normalized spacial score (nSPS) is 13.4. The first-order valence-electron chi connectivity index (χ1n) is 3.40. The summed E-state index contributed by atoms with van der Waals surface area (Å²) in [5, 5.41) is 0.791. The third kappa shape index (κ3) is 6.21. The predicted octanol–water partition coefficient (Wildman–Crippen LogP) is 3.87. The van der Waals surface area contributed by atoms with Gasteiger partial charge in [-0.2, -0.15) is 0 Å². The van der Waals surface area contributed by atoms with Crippen LogP contribution in [0.15, 0.2) is 35.4 Å². The van der Waals surface area contributed by atoms with Crippen molar-refractivity contribution in [3.05, 3.63) is 35.4 Å². The summed E-state index contributed by atoms with van der Waals surface area (Å²) < 4.78 is 0. The topological polar surface area (TPSA) is 0 Å². The smallest absolute Gasteiger partial charge is 0.0409 e. The van der Waals surface area contributed by atoms with Gasteiger partial charge in [-0.05, 0) is 13.0 Å². The van der Waals surface area contributed by atoms with E-state index in [2.05, 4.69) is 6.58 Å². The molecular weight excluding hydrogens is 179 g/mol. The Balaban J connectivity index is 4.06. The minimum atomic E-state index is 0.528. The molecular formula is C9H12Cl2. The lowest BCUT2D eigenvalue weighted by Crippen LogP contribution is -1.73. The van der Waals surface area contributed by atoms with Crippen molar-refractivity contribution in [1.82, 2.24) is 0 Å². The van der Waals surface area contributed by atoms with Crippen molar-refractivity contribution >= 4 is 23.2 Å². The van der Waals surface area contributed by atoms with Crippen LogP contribution >= 0.6 is 23.2 Å². The van der Waals surface area contributed by atoms with Crippen molar-refractivity contribution in [2.75, 3.05) is 5.88 Å². The molecule has 2 heteroatoms. The van der Waals surface area contributed by atoms with Gasteiger partial charge in [0, 0.05) is 17.3 Å². The molecule has 0 saturated heterocycles. The summed E-state index contributed by atoms with van der Waals surface area (Å²) in [4.78, 5) is 0. The second kappa shape index (κ2) is 6.51. The van der Waals surface area contributed by atoms with Crippen LogP contribution in [0.4, 0.5) is 0 Å². The second-order valence-electron chi connectivity index (χ2n) is 2.19. The lowest BCUT2D eigenvalue weighted by atomic mass is 10.2. The summed E-state index contributed by atoms with van der Waals surface area (Å²) >= 11 is 11.3. The number of allylic oxidation sites excluding steroid dienone is 5. The zero-order valence-corrected chi connectivity index (χ0v) is 8.12. The Morgan fingerprint density at radius 1 is 1.55 bits per heavy atom. The highest BCUT2D eigenvalue weighted by Crippen LogP contribution is 2.11. The molecule has 0 aromatic heterocycles. The molecule has 0 heterocycles. The maximum Gasteiger partial charge on any atom is 0.0409 e. The molecule has 0 radical (unpaired) electrons. The SMILES string of the molecule is C=CC/C(Cl)=C\C(C)=C/CCl. The third-order valence-corrected chi connectivity index (χ3v) is 1.54. The van der Waals surface area contributed by atoms with E-state index in [1.807, 2.05) is 19.1 Å². The van der Waals surface area contributed by atoms with Crippen molar-refractivity contribution in [3.8, 4) is 0 Å². The highest BCUT2D eigenvalue weighted by molar-refractivity contribution is 6.29. The summed E-state index contributed by atoms with van der Waals surface area (Å²) in [7, 11) is 0. The Morgan fingerprint density at radius 2 is 2.18 bits per heavy atom. The van der Waals surface area contributed by atoms with Gasteiger partial charge in [-0.3, -0.25) is 0 Å². The number of alkyl halides is 1. The van der Waals surface area contributed by atoms with E-state index >= 15 is 0 Å². The molecule has 0 fully saturated rings. The molecule has 0 aromatic carbocycles. The van der Waals surface area contributed by atoms with Crippen LogP contribution in [0, 0.1) is 0 Å². The van der Waals surface area contributed by atoms with E-state index in [0.717, 1.165) is 17.0 Å². The monoisotopic (exact) mass is 190 g/mol. The van der Waals surface area contributed by atoms with Crippen LogP contribution in [0.3, 0.4) is 0 Å². The van der Waals surface area contributed by atoms with Crippen LogP contribution in [0.1, 0.15) is 13.3 Å². The Kier molecular flexibility index (Phi) is 6.39. The molecule has 0 bridgehead atoms. The minimum absolute atomic E-state index is 0.528. The van der Waals surface area contributed by atoms with Crippen LogP contribution in [0.25, 0.3) is 0 Å². The number of hydrogen-bond donors (Lipinski definition) is 0. The Morgan fingerprint density at radius 3 is 2.64 bits per heavy atom. The quantitative estimate of drug-likeness (QED) is 0.359. The van der Waals surface area contributed by atoms with Gasteiger partial charge in [-0.25, -0.2) is 0 Å². The highest BCUT2D eigenvalue weighted by Gasteiger charge is 1.88. The summed E-state index contributed by atoms with van der Waals surface area (Å²) in [6.07, 6.45) is 6.29. The number of halogens is 2. The van der Waals surface area contributed by atoms with Crippen LogP contribution < -0.4 is 0 Å². The zero-order valence-electron chi connectivity index (χ0n) is 6.61. The Hall–Kier alpha value is -0.200. The third-order valence-electron chi connectivity index (χ3n) is 1.12. The minimum Gasteiger partial charge on any atom is -0.122 e. The van der Waals surface area contributed by atoms with Crippen molar-refractivity contribution in [2.24, 2.45) is 0 Å². The number of rotatable bonds is 4. The van der Waals surface area contributed by atoms with Gasteiger partial charge in [0.1, 0.15) is 0 Å². The molecule has 0 aromatic rings. The van der Waals surface area contributed by atoms with Gasteiger partial charge >= 0.3 is 0 Å². The first-order valence-corrected chi connectivity index (χ1v) is 4.31. The van der Waals surface area contributed by atoms with Crippen LogP contribution in [0.5, 0.6) is 0 Å². The van der Waals surface area contributed by atoms with Crippen LogP contribution in [0.2, 0.25) is 0 Å². The lowest BCUT2D eigenvalue weighted by Gasteiger charge is -1.93. The summed E-state index contributed by atoms with van der Waals surface area (Å²) in [5.41, 5.74) is 1.09. The van der Waals surface area contributed by atoms with Gasteiger partial charge in [0.2, 0.25) is 0 Å². The lowest BCUT2D eigenvalue weighted by molar-refractivity contribution is 1.33. The van der Waals surface area contributed by atoms with E-state index in [4.69, 9.17) is 23.2 Å². The fourth-order valence-electron chi connectivity index (χ4n) is 0.624. The summed E-state index contributed by atoms with van der Waals surface area (Å²) in [6.45, 7) is 5.55. The van der Waals surface area contributed by atoms with E-state index in [1.54, 1.807) is 6.08 Å². The standard InChI is InChI=1S/C9H12Cl2/c1-3-4-9(11)7-8(2)5-6-10/h3,5,7H,1,4,6H2,2H3/b8-5-,9-7+. The molecule has 0 amide bonds. The molecule has 0 nitrogen and oxygen atoms in total. The van der Waals surface area contributed by atoms with Crippen molar-refractivity contribution in [2.45, 2.75) is 13.3 Å². The highest BCUT2D eigenvalue weighted by atomic mass is 35.5. The summed E-state index contributed by atoms with van der Waals surface area (Å²) in [6, 6.07) is 0. The Labute approximate surface area is 78.2 Å². The molecule has 0 spiro atoms. The molecule has 62 valence electrons. The maximum absolute atomic E-state index is 5.82. The second-order valence-corrected chi connectivity index (χ2v) is 2.98. The van der Waals surface area contributed by atoms with E-state index in [1.165, 1.54) is 0 Å². The maximum atomic E-state index is 5.82. The summed E-state index contributed by atoms with van der Waals surface area (Å²) in [5.74, 6) is 0.528. The van der Waals surface area contributed by atoms with Crippen molar-refractivity contribution < 1.29 is 0 Å². The molecule has 0 saturated carbocycles. The van der Waals surface area contributed by atoms with Crippen LogP contribution in [-0.4, -0.2) is 5.88 Å². The molecule has 0 rings (SSSR count). The molecule has 0 N–H and O–H groups in total. The van der Waals surface area contributed by atoms with Gasteiger partial charge in [-0.1, -0.05) is 29.3 Å². The average Bonchev–Trinajstić information content (AvgIpc) is 1.87. The fraction of sp³-hybridized carbons (Fsp3) is 0.333. The van der Waals surface area contributed by atoms with E-state index < -0.39 is 0 Å². The molecule has 11 heavy (non-hydrogen) atoms. The largest absolute Gasteiger partial charge is 0.122 e. The van der Waals surface area contributed by atoms with Gasteiger partial charge in [0.15, 0.2) is 0 Å². The Bertz CT molecular complexity index is 178. The van der Waals surface area contributed by atoms with E-state index in [9.17, 15) is 0 Å². The molecule has 0 atom stereocenters. The van der Waals surface area contributed by atoms with Crippen LogP contribution in [-0.2, 0) is 0 Å². The van der Waals surface area contributed by atoms with E-state index in [-0.39, 0.29) is 0 Å². The number of hydrogen-bond acceptors (Lipinski definition) is 0. The fourth-order valence-corrected chi connectivity index (χ4v) is 1.15. The van der Waals surface area contributed by atoms with Crippen molar-refractivity contribution in [3.63, 3.8) is 0 Å². The van der Waals surface area contributed by atoms with Gasteiger partial charge in [0.05, 0.1) is 0 Å². The molecule has 0 aliphatic carbocycles. The first-order chi connectivity index (χ1) is 5.20. The van der Waals surface area contributed by atoms with Gasteiger partial charge in [-0.15, -0.1) is 18.2 Å². The van der Waals surface area contributed by atoms with E-state index in [0.29, 0.717) is 5.88 Å². The van der Waals surface area contributed by atoms with Gasteiger partial charge in [0.25, 0.3) is 0 Å². The van der Waals surface area contributed by atoms with Gasteiger partial charge < -0.3 is 0 Å². The first kappa shape index (κ1) is 10.8. The molecule has 0 aliphatic rings. The molecule has 0 aliphatic heterocycles. The zero-order chi connectivity index (χ0) is 8.69.